The van der Waals surface area contributed by atoms with E-state index in [2.05, 4.69) is 10.3 Å². The van der Waals surface area contributed by atoms with E-state index < -0.39 is 0 Å². The van der Waals surface area contributed by atoms with Crippen molar-refractivity contribution in [3.63, 3.8) is 0 Å². The molecule has 0 spiro atoms. The maximum absolute atomic E-state index is 6.21. The van der Waals surface area contributed by atoms with Crippen molar-refractivity contribution in [2.45, 2.75) is 16.5 Å². The van der Waals surface area contributed by atoms with E-state index in [0.29, 0.717) is 11.6 Å². The van der Waals surface area contributed by atoms with Gasteiger partial charge in [-0.1, -0.05) is 41.0 Å². The molecule has 0 aliphatic carbocycles. The molecule has 5 heteroatoms. The number of pyridine rings is 1. The van der Waals surface area contributed by atoms with E-state index >= 15 is 0 Å². The van der Waals surface area contributed by atoms with Crippen LogP contribution < -0.4 is 5.32 Å². The summed E-state index contributed by atoms with van der Waals surface area (Å²) in [7, 11) is 1.89. The summed E-state index contributed by atoms with van der Waals surface area (Å²) in [5.41, 5.74) is 1.06. The first-order chi connectivity index (χ1) is 8.72. The molecule has 18 heavy (non-hydrogen) atoms. The third-order valence-electron chi connectivity index (χ3n) is 2.36. The molecule has 0 aliphatic rings. The summed E-state index contributed by atoms with van der Waals surface area (Å²) in [5, 5.41) is 5.31. The van der Waals surface area contributed by atoms with Gasteiger partial charge in [0.1, 0.15) is 5.03 Å². The molecule has 0 atom stereocenters. The van der Waals surface area contributed by atoms with E-state index in [-0.39, 0.29) is 0 Å². The molecule has 1 aromatic carbocycles. The summed E-state index contributed by atoms with van der Waals surface area (Å²) in [6.07, 6.45) is 1.73. The Balaban J connectivity index is 2.34. The minimum absolute atomic E-state index is 0.651. The van der Waals surface area contributed by atoms with Gasteiger partial charge in [-0.3, -0.25) is 0 Å². The lowest BCUT2D eigenvalue weighted by atomic mass is 10.2. The van der Waals surface area contributed by atoms with Gasteiger partial charge in [0.2, 0.25) is 0 Å². The number of hydrogen-bond donors (Lipinski definition) is 1. The summed E-state index contributed by atoms with van der Waals surface area (Å²) in [4.78, 5) is 5.34. The first kappa shape index (κ1) is 13.7. The maximum Gasteiger partial charge on any atom is 0.119 e. The van der Waals surface area contributed by atoms with Crippen LogP contribution in [0.2, 0.25) is 10.0 Å². The van der Waals surface area contributed by atoms with Crippen LogP contribution in [0.4, 0.5) is 0 Å². The molecule has 2 nitrogen and oxygen atoms in total. The molecule has 0 bridgehead atoms. The second kappa shape index (κ2) is 6.43. The Morgan fingerprint density at radius 2 is 1.94 bits per heavy atom. The van der Waals surface area contributed by atoms with Crippen molar-refractivity contribution < 1.29 is 0 Å². The molecule has 94 valence electrons. The van der Waals surface area contributed by atoms with Crippen molar-refractivity contribution >= 4 is 35.0 Å². The third-order valence-corrected chi connectivity index (χ3v) is 4.25. The Labute approximate surface area is 121 Å². The lowest BCUT2D eigenvalue weighted by Crippen LogP contribution is -2.06. The highest BCUT2D eigenvalue weighted by Gasteiger charge is 2.10. The van der Waals surface area contributed by atoms with Gasteiger partial charge in [0.25, 0.3) is 0 Å². The van der Waals surface area contributed by atoms with Crippen LogP contribution >= 0.6 is 35.0 Å². The predicted octanol–water partition coefficient (Wildman–Crippen LogP) is 4.26. The Morgan fingerprint density at radius 1 is 1.17 bits per heavy atom. The molecule has 0 saturated heterocycles. The van der Waals surface area contributed by atoms with Crippen molar-refractivity contribution in [3.8, 4) is 0 Å². The number of rotatable bonds is 4. The van der Waals surface area contributed by atoms with Crippen LogP contribution in [0.3, 0.4) is 0 Å². The fourth-order valence-electron chi connectivity index (χ4n) is 1.53. The van der Waals surface area contributed by atoms with E-state index in [0.717, 1.165) is 20.5 Å². The van der Waals surface area contributed by atoms with Crippen molar-refractivity contribution in [1.82, 2.24) is 10.3 Å². The molecule has 0 unspecified atom stereocenters. The monoisotopic (exact) mass is 298 g/mol. The molecular formula is C13H12Cl2N2S. The fraction of sp³-hybridized carbons (Fsp3) is 0.154. The average molecular weight is 299 g/mol. The van der Waals surface area contributed by atoms with Crippen LogP contribution in [0.25, 0.3) is 0 Å². The number of halogens is 2. The second-order valence-corrected chi connectivity index (χ2v) is 5.48. The van der Waals surface area contributed by atoms with Gasteiger partial charge in [0, 0.05) is 22.7 Å². The second-order valence-electron chi connectivity index (χ2n) is 3.64. The number of nitrogens with one attached hydrogen (secondary N) is 1. The van der Waals surface area contributed by atoms with Crippen molar-refractivity contribution in [2.24, 2.45) is 0 Å². The molecule has 0 fully saturated rings. The summed E-state index contributed by atoms with van der Waals surface area (Å²) >= 11 is 13.8. The number of benzene rings is 1. The van der Waals surface area contributed by atoms with Gasteiger partial charge in [-0.2, -0.15) is 0 Å². The zero-order valence-corrected chi connectivity index (χ0v) is 12.1. The Hall–Kier alpha value is -0.740. The van der Waals surface area contributed by atoms with Crippen LogP contribution in [0.1, 0.15) is 5.56 Å². The predicted molar refractivity (Wildman–Crippen MR) is 77.6 cm³/mol. The van der Waals surface area contributed by atoms with Gasteiger partial charge >= 0.3 is 0 Å². The fourth-order valence-corrected chi connectivity index (χ4v) is 3.01. The molecule has 0 saturated carbocycles. The highest BCUT2D eigenvalue weighted by Crippen LogP contribution is 2.35. The van der Waals surface area contributed by atoms with Gasteiger partial charge in [0.05, 0.1) is 5.02 Å². The Kier molecular flexibility index (Phi) is 4.89. The van der Waals surface area contributed by atoms with E-state index in [9.17, 15) is 0 Å². The van der Waals surface area contributed by atoms with E-state index in [4.69, 9.17) is 23.2 Å². The quantitative estimate of drug-likeness (QED) is 0.913. The molecule has 0 amide bonds. The molecule has 1 aromatic heterocycles. The van der Waals surface area contributed by atoms with Gasteiger partial charge in [0.15, 0.2) is 0 Å². The molecule has 1 heterocycles. The molecule has 2 rings (SSSR count). The standard InChI is InChI=1S/C13H12Cl2N2S/c1-16-8-9-10(14)4-2-6-12(9)18-13-11(15)5-3-7-17-13/h2-7,16H,8H2,1H3. The van der Waals surface area contributed by atoms with Crippen LogP contribution in [0, 0.1) is 0 Å². The average Bonchev–Trinajstić information content (AvgIpc) is 2.36. The normalized spacial score (nSPS) is 10.6. The van der Waals surface area contributed by atoms with Gasteiger partial charge in [-0.05, 0) is 36.9 Å². The maximum atomic E-state index is 6.21. The van der Waals surface area contributed by atoms with Gasteiger partial charge in [-0.25, -0.2) is 4.98 Å². The number of nitrogens with zero attached hydrogens (tertiary/aromatic N) is 1. The van der Waals surface area contributed by atoms with Gasteiger partial charge < -0.3 is 5.32 Å². The SMILES string of the molecule is CNCc1c(Cl)cccc1Sc1ncccc1Cl. The summed E-state index contributed by atoms with van der Waals surface area (Å²) in [6.45, 7) is 0.715. The minimum atomic E-state index is 0.651. The van der Waals surface area contributed by atoms with Crippen LogP contribution in [-0.4, -0.2) is 12.0 Å². The van der Waals surface area contributed by atoms with Crippen LogP contribution in [0.15, 0.2) is 46.5 Å². The highest BCUT2D eigenvalue weighted by molar-refractivity contribution is 7.99. The Morgan fingerprint density at radius 3 is 2.67 bits per heavy atom. The molecule has 1 N–H and O–H groups in total. The largest absolute Gasteiger partial charge is 0.316 e. The van der Waals surface area contributed by atoms with Gasteiger partial charge in [-0.15, -0.1) is 0 Å². The number of aromatic nitrogens is 1. The molecule has 2 aromatic rings. The number of hydrogen-bond acceptors (Lipinski definition) is 3. The summed E-state index contributed by atoms with van der Waals surface area (Å²) in [6, 6.07) is 9.49. The minimum Gasteiger partial charge on any atom is -0.316 e. The zero-order valence-electron chi connectivity index (χ0n) is 9.78. The van der Waals surface area contributed by atoms with E-state index in [1.165, 1.54) is 11.8 Å². The Bertz CT molecular complexity index is 546. The molecular weight excluding hydrogens is 287 g/mol. The van der Waals surface area contributed by atoms with Crippen LogP contribution in [0.5, 0.6) is 0 Å². The first-order valence-corrected chi connectivity index (χ1v) is 7.00. The lowest BCUT2D eigenvalue weighted by molar-refractivity contribution is 0.803. The third kappa shape index (κ3) is 3.18. The van der Waals surface area contributed by atoms with E-state index in [1.807, 2.05) is 37.4 Å². The lowest BCUT2D eigenvalue weighted by Gasteiger charge is -2.10. The topological polar surface area (TPSA) is 24.9 Å². The van der Waals surface area contributed by atoms with Crippen molar-refractivity contribution in [3.05, 3.63) is 52.1 Å². The summed E-state index contributed by atoms with van der Waals surface area (Å²) in [5.74, 6) is 0. The van der Waals surface area contributed by atoms with Crippen molar-refractivity contribution in [2.75, 3.05) is 7.05 Å². The molecule has 0 aliphatic heterocycles. The van der Waals surface area contributed by atoms with Crippen molar-refractivity contribution in [1.29, 1.82) is 0 Å². The van der Waals surface area contributed by atoms with E-state index in [1.54, 1.807) is 6.20 Å². The van der Waals surface area contributed by atoms with Crippen LogP contribution in [-0.2, 0) is 6.54 Å². The highest BCUT2D eigenvalue weighted by atomic mass is 35.5. The smallest absolute Gasteiger partial charge is 0.119 e. The molecule has 0 radical (unpaired) electrons. The summed E-state index contributed by atoms with van der Waals surface area (Å²) < 4.78 is 0. The zero-order chi connectivity index (χ0) is 13.0. The first-order valence-electron chi connectivity index (χ1n) is 5.42.